The van der Waals surface area contributed by atoms with Crippen molar-refractivity contribution >= 4 is 23.1 Å². The highest BCUT2D eigenvalue weighted by atomic mass is 35.5. The van der Waals surface area contributed by atoms with Crippen molar-refractivity contribution < 1.29 is 14.3 Å². The van der Waals surface area contributed by atoms with Crippen LogP contribution in [0.25, 0.3) is 5.69 Å². The maximum Gasteiger partial charge on any atom is 0.162 e. The number of carbonyl (C=O) groups excluding carboxylic acids is 1. The number of hydrogen-bond acceptors (Lipinski definition) is 7. The molecule has 0 bridgehead atoms. The van der Waals surface area contributed by atoms with Gasteiger partial charge in [-0.05, 0) is 44.2 Å². The van der Waals surface area contributed by atoms with E-state index in [2.05, 4.69) is 10.2 Å². The number of Topliss-reactive ketones (excluding diaryl/α,β-unsaturated/α-hetero) is 1. The highest BCUT2D eigenvalue weighted by Crippen LogP contribution is 2.34. The summed E-state index contributed by atoms with van der Waals surface area (Å²) in [6, 6.07) is 12.8. The van der Waals surface area contributed by atoms with Gasteiger partial charge in [0.25, 0.3) is 0 Å². The molecule has 9 heteroatoms. The molecule has 0 saturated carbocycles. The molecular weight excluding hydrogens is 442 g/mol. The van der Waals surface area contributed by atoms with Crippen LogP contribution in [0.15, 0.2) is 47.5 Å². The van der Waals surface area contributed by atoms with Crippen LogP contribution < -0.4 is 10.5 Å². The Hall–Kier alpha value is -3.07. The summed E-state index contributed by atoms with van der Waals surface area (Å²) < 4.78 is 13.3. The molecule has 0 fully saturated rings. The van der Waals surface area contributed by atoms with Crippen molar-refractivity contribution in [1.82, 2.24) is 14.8 Å². The molecule has 3 aromatic rings. The molecule has 2 aromatic carbocycles. The predicted molar refractivity (Wildman–Crippen MR) is 127 cm³/mol. The first-order valence-electron chi connectivity index (χ1n) is 10.8. The van der Waals surface area contributed by atoms with Crippen LogP contribution in [0.4, 0.5) is 0 Å². The number of fused-ring (bicyclic) bond motifs is 3. The number of aliphatic imine (C=N–C) groups is 1. The summed E-state index contributed by atoms with van der Waals surface area (Å²) in [5, 5.41) is 9.27. The van der Waals surface area contributed by atoms with Gasteiger partial charge in [0, 0.05) is 29.1 Å². The van der Waals surface area contributed by atoms with Gasteiger partial charge in [0.1, 0.15) is 30.0 Å². The summed E-state index contributed by atoms with van der Waals surface area (Å²) in [4.78, 5) is 17.1. The normalized spacial score (nSPS) is 14.8. The van der Waals surface area contributed by atoms with Gasteiger partial charge < -0.3 is 15.2 Å². The van der Waals surface area contributed by atoms with Crippen LogP contribution in [0.5, 0.6) is 5.75 Å². The number of halogens is 1. The Balaban J connectivity index is 1.81. The number of benzene rings is 2. The molecule has 4 rings (SSSR count). The molecule has 33 heavy (non-hydrogen) atoms. The number of nitrogens with zero attached hydrogens (tertiary/aromatic N) is 4. The van der Waals surface area contributed by atoms with Gasteiger partial charge in [0.05, 0.1) is 24.6 Å². The van der Waals surface area contributed by atoms with E-state index in [1.165, 1.54) is 0 Å². The van der Waals surface area contributed by atoms with Crippen molar-refractivity contribution in [3.8, 4) is 11.4 Å². The Morgan fingerprint density at radius 1 is 1.12 bits per heavy atom. The number of rotatable bonds is 9. The maximum absolute atomic E-state index is 12.1. The molecule has 1 atom stereocenters. The Morgan fingerprint density at radius 2 is 1.91 bits per heavy atom. The van der Waals surface area contributed by atoms with Crippen molar-refractivity contribution in [2.75, 3.05) is 26.4 Å². The Bertz CT molecular complexity index is 1170. The lowest BCUT2D eigenvalue weighted by molar-refractivity contribution is -0.117. The molecule has 8 nitrogen and oxygen atoms in total. The quantitative estimate of drug-likeness (QED) is 0.483. The Morgan fingerprint density at radius 3 is 2.64 bits per heavy atom. The van der Waals surface area contributed by atoms with E-state index >= 15 is 0 Å². The molecule has 2 N–H and O–H groups in total. The number of hydrogen-bond donors (Lipinski definition) is 1. The van der Waals surface area contributed by atoms with Crippen LogP contribution >= 0.6 is 11.6 Å². The van der Waals surface area contributed by atoms with E-state index in [0.717, 1.165) is 28.4 Å². The highest BCUT2D eigenvalue weighted by Gasteiger charge is 2.29. The van der Waals surface area contributed by atoms with Gasteiger partial charge in [0.2, 0.25) is 0 Å². The smallest absolute Gasteiger partial charge is 0.162 e. The fourth-order valence-electron chi connectivity index (χ4n) is 3.82. The second kappa shape index (κ2) is 10.2. The fraction of sp³-hybridized carbons (Fsp3) is 0.333. The highest BCUT2D eigenvalue weighted by molar-refractivity contribution is 6.30. The molecule has 1 aliphatic rings. The molecule has 0 amide bonds. The minimum atomic E-state index is -0.462. The summed E-state index contributed by atoms with van der Waals surface area (Å²) in [6.07, 6.45) is 0.227. The van der Waals surface area contributed by atoms with Crippen LogP contribution in [-0.2, 0) is 9.53 Å². The summed E-state index contributed by atoms with van der Waals surface area (Å²) in [6.45, 7) is 5.26. The third-order valence-electron chi connectivity index (χ3n) is 5.25. The van der Waals surface area contributed by atoms with E-state index in [1.54, 1.807) is 6.92 Å². The van der Waals surface area contributed by atoms with Gasteiger partial charge in [0.15, 0.2) is 5.82 Å². The van der Waals surface area contributed by atoms with Crippen molar-refractivity contribution in [3.05, 3.63) is 70.3 Å². The first-order valence-corrected chi connectivity index (χ1v) is 11.2. The van der Waals surface area contributed by atoms with Crippen LogP contribution in [0.3, 0.4) is 0 Å². The summed E-state index contributed by atoms with van der Waals surface area (Å²) >= 11 is 6.13. The standard InChI is InChI=1S/C24H26ClN5O3/c1-15(31)13-21-24-29-28-16(2)30(24)22-8-7-19(33-12-11-32-10-9-26)14-20(22)23(27-21)17-3-5-18(25)6-4-17/h3-8,14,21H,9-13,26H2,1-2H3/t21-/m0/s1. The van der Waals surface area contributed by atoms with E-state index in [0.29, 0.717) is 43.0 Å². The van der Waals surface area contributed by atoms with E-state index in [9.17, 15) is 4.79 Å². The Kier molecular flexibility index (Phi) is 7.17. The lowest BCUT2D eigenvalue weighted by Gasteiger charge is -2.15. The molecule has 0 radical (unpaired) electrons. The zero-order valence-corrected chi connectivity index (χ0v) is 19.4. The van der Waals surface area contributed by atoms with Gasteiger partial charge in [-0.15, -0.1) is 10.2 Å². The van der Waals surface area contributed by atoms with Crippen molar-refractivity contribution in [2.24, 2.45) is 10.7 Å². The van der Waals surface area contributed by atoms with Crippen molar-refractivity contribution in [3.63, 3.8) is 0 Å². The largest absolute Gasteiger partial charge is 0.491 e. The van der Waals surface area contributed by atoms with Gasteiger partial charge in [-0.25, -0.2) is 0 Å². The van der Waals surface area contributed by atoms with Crippen LogP contribution in [0.1, 0.15) is 42.2 Å². The number of aromatic nitrogens is 3. The molecule has 1 aliphatic heterocycles. The van der Waals surface area contributed by atoms with E-state index < -0.39 is 6.04 Å². The van der Waals surface area contributed by atoms with Crippen molar-refractivity contribution in [1.29, 1.82) is 0 Å². The topological polar surface area (TPSA) is 105 Å². The predicted octanol–water partition coefficient (Wildman–Crippen LogP) is 3.45. The molecule has 172 valence electrons. The Labute approximate surface area is 197 Å². The zero-order valence-electron chi connectivity index (χ0n) is 18.6. The molecule has 2 heterocycles. The van der Waals surface area contributed by atoms with Crippen LogP contribution in [-0.4, -0.2) is 52.6 Å². The maximum atomic E-state index is 12.1. The van der Waals surface area contributed by atoms with Crippen LogP contribution in [0, 0.1) is 6.92 Å². The fourth-order valence-corrected chi connectivity index (χ4v) is 3.94. The lowest BCUT2D eigenvalue weighted by Crippen LogP contribution is -2.13. The molecule has 0 unspecified atom stereocenters. The second-order valence-corrected chi connectivity index (χ2v) is 8.21. The van der Waals surface area contributed by atoms with E-state index in [4.69, 9.17) is 31.8 Å². The zero-order chi connectivity index (χ0) is 23.4. The van der Waals surface area contributed by atoms with Crippen molar-refractivity contribution in [2.45, 2.75) is 26.3 Å². The van der Waals surface area contributed by atoms with Gasteiger partial charge in [-0.3, -0.25) is 14.4 Å². The van der Waals surface area contributed by atoms with E-state index in [-0.39, 0.29) is 12.2 Å². The third kappa shape index (κ3) is 5.13. The number of aryl methyl sites for hydroxylation is 1. The summed E-state index contributed by atoms with van der Waals surface area (Å²) in [7, 11) is 0. The summed E-state index contributed by atoms with van der Waals surface area (Å²) in [5.41, 5.74) is 8.81. The number of ether oxygens (including phenoxy) is 2. The SMILES string of the molecule is CC(=O)C[C@@H]1N=C(c2ccc(Cl)cc2)c2cc(OCCOCCN)ccc2-n2c(C)nnc21. The molecule has 0 saturated heterocycles. The molecule has 1 aromatic heterocycles. The second-order valence-electron chi connectivity index (χ2n) is 7.78. The van der Waals surface area contributed by atoms with Gasteiger partial charge in [-0.2, -0.15) is 0 Å². The number of carbonyl (C=O) groups is 1. The third-order valence-corrected chi connectivity index (χ3v) is 5.51. The average Bonchev–Trinajstić information content (AvgIpc) is 3.12. The molecule has 0 spiro atoms. The molecule has 0 aliphatic carbocycles. The number of nitrogens with two attached hydrogens (primary N) is 1. The number of ketones is 1. The molecular formula is C24H26ClN5O3. The first-order chi connectivity index (χ1) is 16.0. The first kappa shape index (κ1) is 23.1. The van der Waals surface area contributed by atoms with Gasteiger partial charge in [-0.1, -0.05) is 23.7 Å². The lowest BCUT2D eigenvalue weighted by atomic mass is 10.00. The van der Waals surface area contributed by atoms with E-state index in [1.807, 2.05) is 54.0 Å². The average molecular weight is 468 g/mol. The minimum Gasteiger partial charge on any atom is -0.491 e. The van der Waals surface area contributed by atoms with Gasteiger partial charge >= 0.3 is 0 Å². The monoisotopic (exact) mass is 467 g/mol. The minimum absolute atomic E-state index is 0.0267. The van der Waals surface area contributed by atoms with Crippen LogP contribution in [0.2, 0.25) is 5.02 Å². The summed E-state index contributed by atoms with van der Waals surface area (Å²) in [5.74, 6) is 2.07.